The minimum absolute atomic E-state index is 0.00553. The number of carbonyl (C=O) groups is 2. The van der Waals surface area contributed by atoms with Gasteiger partial charge in [-0.25, -0.2) is 19.2 Å². The van der Waals surface area contributed by atoms with Gasteiger partial charge in [0.1, 0.15) is 22.9 Å². The Morgan fingerprint density at radius 1 is 1.00 bits per heavy atom. The summed E-state index contributed by atoms with van der Waals surface area (Å²) in [5.41, 5.74) is 8.70. The standard InChI is InChI=1S/C39H38ClFN8O7/c1-5-47-19-26(38(52)53)34(50)25-16-27(41)30(17-29(25)47)48-10-8-46(9-11-48)20-49-28-7-6-23(40)15-24(28)33(37(49)51)44-39-43-18-22(36(42)45-39)12-21-13-31(54-2)35(56-4)32(14-21)55-3/h6-7,13-19H,5,8-12,20H2,1-4H3,(H,52,53)(H2,42,43,45)/b44-33+. The van der Waals surface area contributed by atoms with Crippen molar-refractivity contribution >= 4 is 63.2 Å². The number of nitrogens with zero attached hydrogens (tertiary/aromatic N) is 7. The Hall–Kier alpha value is -6.26. The van der Waals surface area contributed by atoms with Gasteiger partial charge in [-0.3, -0.25) is 19.4 Å². The van der Waals surface area contributed by atoms with Crippen LogP contribution in [0, 0.1) is 5.82 Å². The van der Waals surface area contributed by atoms with Crippen molar-refractivity contribution in [1.29, 1.82) is 0 Å². The zero-order chi connectivity index (χ0) is 39.8. The van der Waals surface area contributed by atoms with Crippen LogP contribution in [0.4, 0.5) is 27.5 Å². The van der Waals surface area contributed by atoms with E-state index in [-0.39, 0.29) is 35.4 Å². The third-order valence-electron chi connectivity index (χ3n) is 9.94. The molecule has 0 aliphatic carbocycles. The molecule has 7 rings (SSSR count). The molecule has 17 heteroatoms. The van der Waals surface area contributed by atoms with Gasteiger partial charge in [-0.2, -0.15) is 4.98 Å². The molecule has 2 aliphatic heterocycles. The van der Waals surface area contributed by atoms with Crippen LogP contribution in [0.1, 0.15) is 34.0 Å². The second kappa shape index (κ2) is 15.5. The second-order valence-electron chi connectivity index (χ2n) is 13.2. The van der Waals surface area contributed by atoms with Crippen LogP contribution in [-0.2, 0) is 17.8 Å². The number of pyridine rings is 1. The SMILES string of the molecule is CCn1cc(C(=O)O)c(=O)c2cc(F)c(N3CCN(CN4C(=O)/C(=N/c5ncc(Cc6cc(OC)c(OC)c(OC)c6)c(N)n5)c5cc(Cl)ccc54)CC3)cc21. The number of methoxy groups -OCH3 is 3. The first-order valence-corrected chi connectivity index (χ1v) is 18.0. The van der Waals surface area contributed by atoms with Gasteiger partial charge in [0, 0.05) is 73.1 Å². The molecule has 0 radical (unpaired) electrons. The first-order valence-electron chi connectivity index (χ1n) is 17.6. The summed E-state index contributed by atoms with van der Waals surface area (Å²) in [6.45, 7) is 4.27. The lowest BCUT2D eigenvalue weighted by Crippen LogP contribution is -2.51. The molecule has 1 amide bonds. The van der Waals surface area contributed by atoms with Crippen LogP contribution in [0.5, 0.6) is 17.2 Å². The lowest BCUT2D eigenvalue weighted by molar-refractivity contribution is -0.112. The molecule has 0 atom stereocenters. The van der Waals surface area contributed by atoms with Crippen LogP contribution in [-0.4, -0.2) is 96.3 Å². The van der Waals surface area contributed by atoms with Crippen LogP contribution >= 0.6 is 11.6 Å². The smallest absolute Gasteiger partial charge is 0.341 e. The number of hydrogen-bond donors (Lipinski definition) is 2. The first kappa shape index (κ1) is 38.0. The maximum Gasteiger partial charge on any atom is 0.341 e. The molecule has 15 nitrogen and oxygen atoms in total. The van der Waals surface area contributed by atoms with Crippen LogP contribution in [0.3, 0.4) is 0 Å². The molecule has 290 valence electrons. The number of aryl methyl sites for hydroxylation is 1. The average Bonchev–Trinajstić information content (AvgIpc) is 3.43. The number of carboxylic acids is 1. The number of piperazine rings is 1. The molecule has 4 heterocycles. The maximum absolute atomic E-state index is 15.5. The van der Waals surface area contributed by atoms with Gasteiger partial charge in [-0.1, -0.05) is 11.6 Å². The number of carboxylic acid groups (broad SMARTS) is 1. The normalized spacial score (nSPS) is 15.1. The van der Waals surface area contributed by atoms with Crippen molar-refractivity contribution in [3.63, 3.8) is 0 Å². The summed E-state index contributed by atoms with van der Waals surface area (Å²) in [6.07, 6.45) is 3.21. The maximum atomic E-state index is 15.5. The highest BCUT2D eigenvalue weighted by Crippen LogP contribution is 2.39. The monoisotopic (exact) mass is 784 g/mol. The summed E-state index contributed by atoms with van der Waals surface area (Å²) in [7, 11) is 4.60. The number of aliphatic imine (C=N–C) groups is 1. The summed E-state index contributed by atoms with van der Waals surface area (Å²) < 4.78 is 33.5. The van der Waals surface area contributed by atoms with E-state index < -0.39 is 22.8 Å². The Morgan fingerprint density at radius 3 is 2.34 bits per heavy atom. The Labute approximate surface area is 325 Å². The summed E-state index contributed by atoms with van der Waals surface area (Å²) in [5.74, 6) is -0.702. The van der Waals surface area contributed by atoms with Gasteiger partial charge in [-0.15, -0.1) is 0 Å². The zero-order valence-corrected chi connectivity index (χ0v) is 31.8. The molecular formula is C39H38ClFN8O7. The van der Waals surface area contributed by atoms with Gasteiger partial charge in [0.2, 0.25) is 11.2 Å². The zero-order valence-electron chi connectivity index (χ0n) is 31.0. The number of nitrogens with two attached hydrogens (primary N) is 1. The van der Waals surface area contributed by atoms with E-state index in [0.717, 1.165) is 11.6 Å². The molecular weight excluding hydrogens is 747 g/mol. The number of carbonyl (C=O) groups excluding carboxylic acids is 1. The lowest BCUT2D eigenvalue weighted by Gasteiger charge is -2.38. The number of halogens is 2. The number of hydrogen-bond acceptors (Lipinski definition) is 12. The molecule has 0 spiro atoms. The van der Waals surface area contributed by atoms with E-state index in [0.29, 0.717) is 89.4 Å². The topological polar surface area (TPSA) is 178 Å². The summed E-state index contributed by atoms with van der Waals surface area (Å²) in [6, 6.07) is 11.5. The van der Waals surface area contributed by atoms with E-state index in [4.69, 9.17) is 31.5 Å². The fourth-order valence-electron chi connectivity index (χ4n) is 7.08. The minimum Gasteiger partial charge on any atom is -0.493 e. The van der Waals surface area contributed by atoms with Crippen LogP contribution in [0.2, 0.25) is 5.02 Å². The second-order valence-corrected chi connectivity index (χ2v) is 13.6. The number of aromatic carboxylic acids is 1. The number of benzene rings is 3. The fourth-order valence-corrected chi connectivity index (χ4v) is 7.25. The van der Waals surface area contributed by atoms with Gasteiger partial charge in [0.05, 0.1) is 44.9 Å². The van der Waals surface area contributed by atoms with Gasteiger partial charge in [-0.05, 0) is 55.0 Å². The highest BCUT2D eigenvalue weighted by atomic mass is 35.5. The molecule has 2 aliphatic rings. The largest absolute Gasteiger partial charge is 0.493 e. The Kier molecular flexibility index (Phi) is 10.5. The Bertz CT molecular complexity index is 2460. The van der Waals surface area contributed by atoms with Crippen molar-refractivity contribution in [2.75, 3.05) is 69.7 Å². The molecule has 5 aromatic rings. The number of aromatic nitrogens is 3. The van der Waals surface area contributed by atoms with Crippen molar-refractivity contribution in [2.24, 2.45) is 4.99 Å². The van der Waals surface area contributed by atoms with E-state index in [2.05, 4.69) is 19.9 Å². The Balaban J connectivity index is 1.09. The number of nitrogen functional groups attached to an aromatic ring is 1. The molecule has 1 fully saturated rings. The van der Waals surface area contributed by atoms with Crippen molar-refractivity contribution in [2.45, 2.75) is 19.9 Å². The fraction of sp³-hybridized carbons (Fsp3) is 0.282. The van der Waals surface area contributed by atoms with Crippen molar-refractivity contribution < 1.29 is 33.3 Å². The van der Waals surface area contributed by atoms with Gasteiger partial charge in [0.15, 0.2) is 11.5 Å². The van der Waals surface area contributed by atoms with E-state index >= 15 is 4.39 Å². The van der Waals surface area contributed by atoms with Gasteiger partial charge < -0.3 is 34.5 Å². The van der Waals surface area contributed by atoms with E-state index in [1.54, 1.807) is 39.9 Å². The first-order chi connectivity index (χ1) is 26.9. The quantitative estimate of drug-likeness (QED) is 0.188. The lowest BCUT2D eigenvalue weighted by atomic mass is 10.1. The number of anilines is 3. The number of rotatable bonds is 11. The third-order valence-corrected chi connectivity index (χ3v) is 10.2. The highest BCUT2D eigenvalue weighted by molar-refractivity contribution is 6.55. The Morgan fingerprint density at radius 2 is 1.71 bits per heavy atom. The highest BCUT2D eigenvalue weighted by Gasteiger charge is 2.36. The van der Waals surface area contributed by atoms with Crippen LogP contribution in [0.15, 0.2) is 64.6 Å². The minimum atomic E-state index is -1.36. The molecule has 1 saturated heterocycles. The van der Waals surface area contributed by atoms with Gasteiger partial charge >= 0.3 is 5.97 Å². The molecule has 3 N–H and O–H groups in total. The predicted molar refractivity (Wildman–Crippen MR) is 210 cm³/mol. The average molecular weight is 785 g/mol. The molecule has 2 aromatic heterocycles. The molecule has 56 heavy (non-hydrogen) atoms. The number of amides is 1. The molecule has 3 aromatic carbocycles. The van der Waals surface area contributed by atoms with Crippen LogP contribution < -0.4 is 35.2 Å². The molecule has 0 saturated carbocycles. The van der Waals surface area contributed by atoms with Crippen molar-refractivity contribution in [3.8, 4) is 17.2 Å². The van der Waals surface area contributed by atoms with Crippen molar-refractivity contribution in [1.82, 2.24) is 19.4 Å². The summed E-state index contributed by atoms with van der Waals surface area (Å²) in [5, 5.41) is 9.92. The van der Waals surface area contributed by atoms with Gasteiger partial charge in [0.25, 0.3) is 11.9 Å². The summed E-state index contributed by atoms with van der Waals surface area (Å²) in [4.78, 5) is 57.4. The van der Waals surface area contributed by atoms with Crippen molar-refractivity contribution in [3.05, 3.63) is 98.2 Å². The van der Waals surface area contributed by atoms with Crippen LogP contribution in [0.25, 0.3) is 10.9 Å². The predicted octanol–water partition coefficient (Wildman–Crippen LogP) is 4.75. The van der Waals surface area contributed by atoms with E-state index in [9.17, 15) is 19.5 Å². The number of fused-ring (bicyclic) bond motifs is 2. The van der Waals surface area contributed by atoms with E-state index in [1.165, 1.54) is 27.5 Å². The third kappa shape index (κ3) is 7.04. The number of ether oxygens (including phenoxy) is 3. The molecule has 0 unspecified atom stereocenters. The van der Waals surface area contributed by atoms with E-state index in [1.807, 2.05) is 24.0 Å². The summed E-state index contributed by atoms with van der Waals surface area (Å²) >= 11 is 6.38. The molecule has 0 bridgehead atoms.